The molecule has 0 aromatic carbocycles. The van der Waals surface area contributed by atoms with E-state index in [0.717, 1.165) is 19.3 Å². The monoisotopic (exact) mass is 302 g/mol. The van der Waals surface area contributed by atoms with Gasteiger partial charge in [0.05, 0.1) is 5.69 Å². The Labute approximate surface area is 119 Å². The van der Waals surface area contributed by atoms with Gasteiger partial charge in [-0.05, 0) is 19.8 Å². The van der Waals surface area contributed by atoms with Gasteiger partial charge in [0.1, 0.15) is 4.90 Å². The quantitative estimate of drug-likeness (QED) is 0.694. The maximum absolute atomic E-state index is 12.1. The number of H-pyrrole nitrogens is 1. The minimum absolute atomic E-state index is 0.0439. The molecule has 1 atom stereocenters. The maximum atomic E-state index is 12.1. The van der Waals surface area contributed by atoms with Gasteiger partial charge in [-0.3, -0.25) is 9.89 Å². The van der Waals surface area contributed by atoms with Crippen molar-refractivity contribution in [3.05, 3.63) is 11.4 Å². The number of sulfonamides is 1. The molecule has 0 saturated heterocycles. The second-order valence-electron chi connectivity index (χ2n) is 4.80. The molecule has 114 valence electrons. The minimum Gasteiger partial charge on any atom is -0.348 e. The lowest BCUT2D eigenvalue weighted by atomic mass is 10.1. The van der Waals surface area contributed by atoms with Crippen LogP contribution in [0.25, 0.3) is 0 Å². The number of hydrogen-bond acceptors (Lipinski definition) is 4. The average Bonchev–Trinajstić information content (AvgIpc) is 2.80. The van der Waals surface area contributed by atoms with Crippen LogP contribution < -0.4 is 10.5 Å². The molecule has 1 amide bonds. The maximum Gasteiger partial charge on any atom is 0.273 e. The molecule has 1 aromatic heterocycles. The van der Waals surface area contributed by atoms with Crippen LogP contribution in [-0.2, 0) is 16.4 Å². The Bertz CT molecular complexity index is 565. The summed E-state index contributed by atoms with van der Waals surface area (Å²) < 4.78 is 23.2. The molecule has 1 unspecified atom stereocenters. The summed E-state index contributed by atoms with van der Waals surface area (Å²) in [6.45, 7) is 5.69. The summed E-state index contributed by atoms with van der Waals surface area (Å²) in [4.78, 5) is 11.9. The van der Waals surface area contributed by atoms with Gasteiger partial charge in [-0.2, -0.15) is 5.10 Å². The molecule has 0 radical (unpaired) electrons. The largest absolute Gasteiger partial charge is 0.348 e. The zero-order valence-electron chi connectivity index (χ0n) is 12.1. The van der Waals surface area contributed by atoms with Crippen molar-refractivity contribution in [3.63, 3.8) is 0 Å². The van der Waals surface area contributed by atoms with E-state index >= 15 is 0 Å². The minimum atomic E-state index is -3.99. The molecule has 1 heterocycles. The number of carbonyl (C=O) groups is 1. The van der Waals surface area contributed by atoms with Gasteiger partial charge in [0, 0.05) is 6.04 Å². The number of unbranched alkanes of at least 4 members (excludes halogenated alkanes) is 1. The van der Waals surface area contributed by atoms with Gasteiger partial charge >= 0.3 is 0 Å². The number of nitrogens with zero attached hydrogens (tertiary/aromatic N) is 1. The van der Waals surface area contributed by atoms with Crippen molar-refractivity contribution < 1.29 is 13.2 Å². The number of carbonyl (C=O) groups excluding carboxylic acids is 1. The van der Waals surface area contributed by atoms with Gasteiger partial charge in [0.25, 0.3) is 5.91 Å². The van der Waals surface area contributed by atoms with Crippen molar-refractivity contribution in [1.82, 2.24) is 15.5 Å². The van der Waals surface area contributed by atoms with Crippen LogP contribution in [0.15, 0.2) is 4.90 Å². The topological polar surface area (TPSA) is 118 Å². The van der Waals surface area contributed by atoms with Gasteiger partial charge in [0.15, 0.2) is 5.69 Å². The zero-order valence-corrected chi connectivity index (χ0v) is 12.9. The lowest BCUT2D eigenvalue weighted by molar-refractivity contribution is 0.0929. The van der Waals surface area contributed by atoms with Crippen LogP contribution in [0.4, 0.5) is 0 Å². The van der Waals surface area contributed by atoms with Crippen molar-refractivity contribution >= 4 is 15.9 Å². The van der Waals surface area contributed by atoms with Gasteiger partial charge < -0.3 is 5.32 Å². The zero-order chi connectivity index (χ0) is 15.3. The van der Waals surface area contributed by atoms with Crippen molar-refractivity contribution in [2.75, 3.05) is 0 Å². The molecule has 1 rings (SSSR count). The van der Waals surface area contributed by atoms with Gasteiger partial charge in [-0.1, -0.05) is 26.7 Å². The third-order valence-electron chi connectivity index (χ3n) is 3.01. The predicted molar refractivity (Wildman–Crippen MR) is 75.8 cm³/mol. The van der Waals surface area contributed by atoms with E-state index in [-0.39, 0.29) is 16.6 Å². The van der Waals surface area contributed by atoms with Crippen LogP contribution >= 0.6 is 0 Å². The van der Waals surface area contributed by atoms with Gasteiger partial charge in [-0.25, -0.2) is 13.6 Å². The Morgan fingerprint density at radius 3 is 2.60 bits per heavy atom. The number of aryl methyl sites for hydroxylation is 1. The van der Waals surface area contributed by atoms with Gasteiger partial charge in [-0.15, -0.1) is 0 Å². The van der Waals surface area contributed by atoms with Crippen molar-refractivity contribution in [2.24, 2.45) is 5.14 Å². The van der Waals surface area contributed by atoms with E-state index in [4.69, 9.17) is 5.14 Å². The van der Waals surface area contributed by atoms with Crippen molar-refractivity contribution in [2.45, 2.75) is 57.4 Å². The summed E-state index contributed by atoms with van der Waals surface area (Å²) in [5.74, 6) is -0.520. The Morgan fingerprint density at radius 2 is 2.10 bits per heavy atom. The van der Waals surface area contributed by atoms with E-state index in [9.17, 15) is 13.2 Å². The van der Waals surface area contributed by atoms with E-state index in [2.05, 4.69) is 22.4 Å². The van der Waals surface area contributed by atoms with Crippen molar-refractivity contribution in [3.8, 4) is 0 Å². The summed E-state index contributed by atoms with van der Waals surface area (Å²) in [6, 6.07) is -0.0439. The summed E-state index contributed by atoms with van der Waals surface area (Å²) in [5, 5.41) is 14.2. The number of primary sulfonamides is 1. The van der Waals surface area contributed by atoms with Crippen LogP contribution in [0.1, 0.15) is 56.2 Å². The smallest absolute Gasteiger partial charge is 0.273 e. The normalized spacial score (nSPS) is 13.2. The number of amides is 1. The third-order valence-corrected chi connectivity index (χ3v) is 4.02. The molecule has 0 fully saturated rings. The first-order chi connectivity index (χ1) is 9.31. The first-order valence-electron chi connectivity index (χ1n) is 6.72. The Kier molecular flexibility index (Phi) is 5.70. The molecular formula is C12H22N4O3S. The fraction of sp³-hybridized carbons (Fsp3) is 0.667. The Morgan fingerprint density at radius 1 is 1.45 bits per heavy atom. The van der Waals surface area contributed by atoms with Crippen LogP contribution in [0.5, 0.6) is 0 Å². The van der Waals surface area contributed by atoms with Crippen molar-refractivity contribution in [1.29, 1.82) is 0 Å². The van der Waals surface area contributed by atoms with Gasteiger partial charge in [0.2, 0.25) is 10.0 Å². The van der Waals surface area contributed by atoms with E-state index in [1.165, 1.54) is 0 Å². The molecule has 20 heavy (non-hydrogen) atoms. The molecule has 4 N–H and O–H groups in total. The summed E-state index contributed by atoms with van der Waals surface area (Å²) in [6.07, 6.45) is 3.25. The molecule has 0 aliphatic carbocycles. The highest BCUT2D eigenvalue weighted by atomic mass is 32.2. The van der Waals surface area contributed by atoms with E-state index in [1.54, 1.807) is 6.92 Å². The highest BCUT2D eigenvalue weighted by Crippen LogP contribution is 2.17. The number of aromatic amines is 1. The lowest BCUT2D eigenvalue weighted by Gasteiger charge is -2.12. The van der Waals surface area contributed by atoms with Crippen LogP contribution in [0.2, 0.25) is 0 Å². The number of hydrogen-bond donors (Lipinski definition) is 3. The first-order valence-corrected chi connectivity index (χ1v) is 8.26. The second kappa shape index (κ2) is 6.85. The highest BCUT2D eigenvalue weighted by molar-refractivity contribution is 7.89. The van der Waals surface area contributed by atoms with E-state index in [0.29, 0.717) is 12.1 Å². The Balaban J connectivity index is 2.97. The van der Waals surface area contributed by atoms with E-state index < -0.39 is 15.9 Å². The molecular weight excluding hydrogens is 280 g/mol. The summed E-state index contributed by atoms with van der Waals surface area (Å²) in [7, 11) is -3.99. The lowest BCUT2D eigenvalue weighted by Crippen LogP contribution is -2.34. The predicted octanol–water partition coefficient (Wildman–Crippen LogP) is 0.928. The summed E-state index contributed by atoms with van der Waals surface area (Å²) >= 11 is 0. The van der Waals surface area contributed by atoms with E-state index in [1.807, 2.05) is 6.92 Å². The molecule has 0 aliphatic heterocycles. The highest BCUT2D eigenvalue weighted by Gasteiger charge is 2.27. The van der Waals surface area contributed by atoms with Crippen LogP contribution in [0, 0.1) is 0 Å². The number of aromatic nitrogens is 2. The summed E-state index contributed by atoms with van der Waals surface area (Å²) in [5.41, 5.74) is 0.187. The molecule has 8 heteroatoms. The van der Waals surface area contributed by atoms with Crippen LogP contribution in [-0.4, -0.2) is 30.6 Å². The molecule has 0 saturated carbocycles. The fourth-order valence-corrected chi connectivity index (χ4v) is 2.88. The number of nitrogens with one attached hydrogen (secondary N) is 2. The molecule has 0 spiro atoms. The first kappa shape index (κ1) is 16.6. The fourth-order valence-electron chi connectivity index (χ4n) is 1.94. The number of nitrogens with two attached hydrogens (primary N) is 1. The average molecular weight is 302 g/mol. The number of rotatable bonds is 7. The molecule has 1 aromatic rings. The SMILES string of the molecule is CCCCC(C)NC(=O)c1n[nH]c(CC)c1S(N)(=O)=O. The Hall–Kier alpha value is -1.41. The third kappa shape index (κ3) is 4.04. The second-order valence-corrected chi connectivity index (χ2v) is 6.29. The molecule has 0 bridgehead atoms. The standard InChI is InChI=1S/C12H22N4O3S/c1-4-6-7-8(3)14-12(17)10-11(20(13,18)19)9(5-2)15-16-10/h8H,4-7H2,1-3H3,(H,14,17)(H,15,16)(H2,13,18,19). The molecule has 0 aliphatic rings. The molecule has 7 nitrogen and oxygen atoms in total. The van der Waals surface area contributed by atoms with Crippen LogP contribution in [0.3, 0.4) is 0 Å².